The maximum atomic E-state index is 4.76. The van der Waals surface area contributed by atoms with Gasteiger partial charge in [0, 0.05) is 11.6 Å². The summed E-state index contributed by atoms with van der Waals surface area (Å²) in [4.78, 5) is 8.97. The second-order valence-electron chi connectivity index (χ2n) is 9.09. The summed E-state index contributed by atoms with van der Waals surface area (Å²) in [5, 5.41) is 2.53. The molecule has 2 aromatic rings. The molecule has 0 saturated heterocycles. The summed E-state index contributed by atoms with van der Waals surface area (Å²) in [6, 6.07) is 10.7. The predicted octanol–water partition coefficient (Wildman–Crippen LogP) is 8.72. The molecule has 2 aliphatic rings. The van der Waals surface area contributed by atoms with Crippen molar-refractivity contribution in [3.05, 3.63) is 118 Å². The molecule has 0 fully saturated rings. The van der Waals surface area contributed by atoms with Gasteiger partial charge in [0.2, 0.25) is 0 Å². The van der Waals surface area contributed by atoms with Crippen molar-refractivity contribution in [3.63, 3.8) is 0 Å². The van der Waals surface area contributed by atoms with Crippen molar-refractivity contribution in [1.82, 2.24) is 4.98 Å². The Balaban J connectivity index is 0.000000236. The van der Waals surface area contributed by atoms with Crippen molar-refractivity contribution < 1.29 is 0 Å². The fraction of sp³-hybridized carbons (Fsp3) is 0.273. The molecule has 1 aromatic carbocycles. The van der Waals surface area contributed by atoms with Crippen LogP contribution in [0.1, 0.15) is 51.6 Å². The van der Waals surface area contributed by atoms with E-state index < -0.39 is 0 Å². The molecule has 2 unspecified atom stereocenters. The molecule has 4 rings (SSSR count). The SMILES string of the molecule is C=CC=NC(=C)C1=[C]([Tl])C=CCC1.CC=CC(CCC)C1CC=CC=C1c1nccc2ccccc12. The van der Waals surface area contributed by atoms with E-state index in [0.29, 0.717) is 11.8 Å². The second kappa shape index (κ2) is 14.8. The Hall–Kier alpha value is -2.60. The average molecular weight is 666 g/mol. The molecule has 0 amide bonds. The van der Waals surface area contributed by atoms with Gasteiger partial charge in [-0.1, -0.05) is 68.0 Å². The Morgan fingerprint density at radius 3 is 2.83 bits per heavy atom. The number of fused-ring (bicyclic) bond motifs is 1. The smallest absolute Gasteiger partial charge is 0.0743 e. The minimum Gasteiger partial charge on any atom is -0.256 e. The van der Waals surface area contributed by atoms with Crippen LogP contribution in [0, 0.1) is 11.8 Å². The summed E-state index contributed by atoms with van der Waals surface area (Å²) < 4.78 is 1.44. The number of nitrogens with zero attached hydrogens (tertiary/aromatic N) is 2. The monoisotopic (exact) mass is 666 g/mol. The van der Waals surface area contributed by atoms with Gasteiger partial charge in [0.1, 0.15) is 0 Å². The quantitative estimate of drug-likeness (QED) is 0.157. The maximum absolute atomic E-state index is 4.76. The molecule has 3 heteroatoms. The third kappa shape index (κ3) is 7.45. The van der Waals surface area contributed by atoms with Gasteiger partial charge < -0.3 is 0 Å². The Kier molecular flexibility index (Phi) is 11.5. The van der Waals surface area contributed by atoms with Crippen molar-refractivity contribution in [1.29, 1.82) is 0 Å². The van der Waals surface area contributed by atoms with Crippen LogP contribution in [0.3, 0.4) is 0 Å². The van der Waals surface area contributed by atoms with E-state index in [4.69, 9.17) is 4.98 Å². The molecule has 1 heterocycles. The molecule has 0 spiro atoms. The summed E-state index contributed by atoms with van der Waals surface area (Å²) in [7, 11) is 0. The second-order valence-corrected chi connectivity index (χ2v) is 11.5. The van der Waals surface area contributed by atoms with E-state index >= 15 is 0 Å². The van der Waals surface area contributed by atoms with Gasteiger partial charge in [-0.2, -0.15) is 0 Å². The van der Waals surface area contributed by atoms with Crippen molar-refractivity contribution in [2.24, 2.45) is 16.8 Å². The van der Waals surface area contributed by atoms with E-state index in [9.17, 15) is 0 Å². The first-order valence-corrected chi connectivity index (χ1v) is 15.2. The van der Waals surface area contributed by atoms with Crippen molar-refractivity contribution in [3.8, 4) is 0 Å². The Morgan fingerprint density at radius 2 is 2.08 bits per heavy atom. The minimum atomic E-state index is 0.523. The van der Waals surface area contributed by atoms with E-state index in [0.717, 1.165) is 56.4 Å². The standard InChI is InChI=1S/C22H25N.C11H12N.Tl/c1-3-9-17(10-4-2)19-12-7-8-14-21(19)22-20-13-6-5-11-18(20)15-16-23-22;1-3-9-12-10(2)11-7-5-4-6-8-11;/h3,5-9,11,13-17,19H,4,10,12H2,1-2H3;3-5,9H,1-2,6,8H2;. The van der Waals surface area contributed by atoms with Crippen LogP contribution in [-0.2, 0) is 0 Å². The van der Waals surface area contributed by atoms with Crippen LogP contribution in [0.25, 0.3) is 16.3 Å². The van der Waals surface area contributed by atoms with Gasteiger partial charge in [0.25, 0.3) is 0 Å². The van der Waals surface area contributed by atoms with Crippen LogP contribution < -0.4 is 0 Å². The van der Waals surface area contributed by atoms with Crippen molar-refractivity contribution >= 4 is 48.3 Å². The first-order chi connectivity index (χ1) is 17.6. The molecule has 2 aliphatic carbocycles. The molecule has 2 atom stereocenters. The molecule has 0 N–H and O–H groups in total. The molecule has 0 bridgehead atoms. The van der Waals surface area contributed by atoms with Gasteiger partial charge in [0.15, 0.2) is 0 Å². The van der Waals surface area contributed by atoms with E-state index in [1.54, 1.807) is 12.3 Å². The zero-order chi connectivity index (χ0) is 25.8. The third-order valence-corrected chi connectivity index (χ3v) is 8.72. The number of aliphatic imine (C=N–C) groups is 1. The van der Waals surface area contributed by atoms with E-state index in [1.165, 1.54) is 37.9 Å². The molecule has 182 valence electrons. The maximum Gasteiger partial charge on any atom is 0.0743 e. The van der Waals surface area contributed by atoms with Gasteiger partial charge >= 0.3 is 95.6 Å². The molecular weight excluding hydrogens is 629 g/mol. The van der Waals surface area contributed by atoms with Crippen molar-refractivity contribution in [2.45, 2.75) is 46.0 Å². The summed E-state index contributed by atoms with van der Waals surface area (Å²) in [5.41, 5.74) is 4.79. The van der Waals surface area contributed by atoms with Gasteiger partial charge in [-0.25, -0.2) is 0 Å². The first-order valence-electron chi connectivity index (χ1n) is 12.9. The van der Waals surface area contributed by atoms with Gasteiger partial charge in [-0.15, -0.1) is 0 Å². The van der Waals surface area contributed by atoms with E-state index in [-0.39, 0.29) is 0 Å². The van der Waals surface area contributed by atoms with Gasteiger partial charge in [-0.05, 0) is 48.6 Å². The number of allylic oxidation sites excluding steroid dienone is 11. The van der Waals surface area contributed by atoms with Gasteiger partial charge in [0.05, 0.1) is 5.69 Å². The fourth-order valence-corrected chi connectivity index (χ4v) is 6.62. The summed E-state index contributed by atoms with van der Waals surface area (Å²) in [5.74, 6) is 1.11. The van der Waals surface area contributed by atoms with Crippen LogP contribution in [0.4, 0.5) is 0 Å². The van der Waals surface area contributed by atoms with Crippen molar-refractivity contribution in [2.75, 3.05) is 0 Å². The molecular formula is C33H37N2Tl. The molecule has 36 heavy (non-hydrogen) atoms. The predicted molar refractivity (Wildman–Crippen MR) is 159 cm³/mol. The molecule has 2 nitrogen and oxygen atoms in total. The fourth-order valence-electron chi connectivity index (χ4n) is 4.88. The summed E-state index contributed by atoms with van der Waals surface area (Å²) in [6.45, 7) is 11.9. The Bertz CT molecular complexity index is 1230. The largest absolute Gasteiger partial charge is 0.256 e. The first kappa shape index (κ1) is 28.0. The van der Waals surface area contributed by atoms with E-state index in [2.05, 4.69) is 105 Å². The van der Waals surface area contributed by atoms with Crippen LogP contribution in [0.2, 0.25) is 0 Å². The zero-order valence-corrected chi connectivity index (χ0v) is 26.2. The molecule has 0 radical (unpaired) electrons. The number of hydrogen-bond donors (Lipinski definition) is 0. The summed E-state index contributed by atoms with van der Waals surface area (Å²) in [6.07, 6.45) is 26.9. The molecule has 1 aromatic heterocycles. The molecule has 0 aliphatic heterocycles. The van der Waals surface area contributed by atoms with Crippen LogP contribution in [0.5, 0.6) is 0 Å². The van der Waals surface area contributed by atoms with Crippen LogP contribution >= 0.6 is 0 Å². The van der Waals surface area contributed by atoms with E-state index in [1.807, 2.05) is 6.20 Å². The van der Waals surface area contributed by atoms with Gasteiger partial charge in [-0.3, -0.25) is 4.98 Å². The molecule has 0 saturated carbocycles. The summed E-state index contributed by atoms with van der Waals surface area (Å²) >= 11 is 0.868. The number of aromatic nitrogens is 1. The minimum absolute atomic E-state index is 0.523. The number of pyridine rings is 1. The number of rotatable bonds is 8. The third-order valence-electron chi connectivity index (χ3n) is 6.62. The van der Waals surface area contributed by atoms with Crippen LogP contribution in [0.15, 0.2) is 118 Å². The topological polar surface area (TPSA) is 25.2 Å². The Labute approximate surface area is 233 Å². The zero-order valence-electron chi connectivity index (χ0n) is 21.7. The van der Waals surface area contributed by atoms with Crippen LogP contribution in [-0.4, -0.2) is 37.0 Å². The number of hydrogen-bond acceptors (Lipinski definition) is 2. The number of benzene rings is 1. The Morgan fingerprint density at radius 1 is 1.25 bits per heavy atom. The normalized spacial score (nSPS) is 18.2. The average Bonchev–Trinajstić information content (AvgIpc) is 2.92.